The van der Waals surface area contributed by atoms with E-state index in [-0.39, 0.29) is 12.0 Å². The molecule has 1 N–H and O–H groups in total. The van der Waals surface area contributed by atoms with Crippen LogP contribution in [0.2, 0.25) is 0 Å². The molecule has 2 aromatic rings. The molecule has 6 nitrogen and oxygen atoms in total. The fraction of sp³-hybridized carbons (Fsp3) is 0.560. The lowest BCUT2D eigenvalue weighted by Crippen LogP contribution is -2.53. The third-order valence-electron chi connectivity index (χ3n) is 7.82. The molecule has 0 radical (unpaired) electrons. The SMILES string of the molecule is N#Cc1ccc(CC(c2cnc[nH]2)N2CCN(C(=O)C3CC4CCC3CC4)CC2)cc1. The summed E-state index contributed by atoms with van der Waals surface area (Å²) in [5.74, 6) is 2.11. The zero-order valence-electron chi connectivity index (χ0n) is 18.0. The number of amides is 1. The number of rotatable bonds is 5. The Kier molecular flexibility index (Phi) is 5.78. The van der Waals surface area contributed by atoms with Crippen molar-refractivity contribution in [3.63, 3.8) is 0 Å². The molecule has 1 aromatic heterocycles. The van der Waals surface area contributed by atoms with Crippen molar-refractivity contribution < 1.29 is 4.79 Å². The molecule has 1 aromatic carbocycles. The number of carbonyl (C=O) groups excluding carboxylic acids is 1. The van der Waals surface area contributed by atoms with E-state index in [2.05, 4.69) is 25.8 Å². The van der Waals surface area contributed by atoms with Gasteiger partial charge in [-0.25, -0.2) is 4.98 Å². The largest absolute Gasteiger partial charge is 0.347 e. The summed E-state index contributed by atoms with van der Waals surface area (Å²) >= 11 is 0. The molecule has 3 aliphatic carbocycles. The summed E-state index contributed by atoms with van der Waals surface area (Å²) in [5.41, 5.74) is 2.99. The number of imidazole rings is 1. The molecule has 4 aliphatic rings. The number of hydrogen-bond acceptors (Lipinski definition) is 4. The van der Waals surface area contributed by atoms with Crippen LogP contribution in [0.3, 0.4) is 0 Å². The van der Waals surface area contributed by atoms with Gasteiger partial charge < -0.3 is 9.88 Å². The molecule has 0 spiro atoms. The van der Waals surface area contributed by atoms with Gasteiger partial charge in [0.25, 0.3) is 0 Å². The molecule has 2 atom stereocenters. The quantitative estimate of drug-likeness (QED) is 0.807. The lowest BCUT2D eigenvalue weighted by molar-refractivity contribution is -0.143. The fourth-order valence-corrected chi connectivity index (χ4v) is 5.99. The van der Waals surface area contributed by atoms with Gasteiger partial charge in [-0.05, 0) is 55.2 Å². The van der Waals surface area contributed by atoms with Crippen LogP contribution in [-0.2, 0) is 11.2 Å². The molecule has 2 bridgehead atoms. The average molecular weight is 418 g/mol. The first-order valence-corrected chi connectivity index (χ1v) is 11.7. The first-order valence-electron chi connectivity index (χ1n) is 11.7. The Balaban J connectivity index is 1.24. The topological polar surface area (TPSA) is 76.0 Å². The normalized spacial score (nSPS) is 27.1. The van der Waals surface area contributed by atoms with E-state index in [0.29, 0.717) is 17.4 Å². The van der Waals surface area contributed by atoms with E-state index in [1.165, 1.54) is 31.2 Å². The first kappa shape index (κ1) is 20.3. The van der Waals surface area contributed by atoms with E-state index in [4.69, 9.17) is 5.26 Å². The molecule has 162 valence electrons. The highest BCUT2D eigenvalue weighted by Gasteiger charge is 2.41. The van der Waals surface area contributed by atoms with Crippen LogP contribution >= 0.6 is 0 Å². The minimum atomic E-state index is 0.193. The van der Waals surface area contributed by atoms with Gasteiger partial charge in [-0.15, -0.1) is 0 Å². The predicted molar refractivity (Wildman–Crippen MR) is 118 cm³/mol. The summed E-state index contributed by atoms with van der Waals surface area (Å²) in [6.07, 6.45) is 10.8. The summed E-state index contributed by atoms with van der Waals surface area (Å²) in [5, 5.41) is 9.06. The number of nitriles is 1. The van der Waals surface area contributed by atoms with Crippen LogP contribution in [0.1, 0.15) is 55.0 Å². The standard InChI is InChI=1S/C25H31N5O/c26-15-20-3-1-19(2-4-20)14-24(23-16-27-17-28-23)29-9-11-30(12-10-29)25(31)22-13-18-5-7-21(22)8-6-18/h1-4,16-18,21-22,24H,5-14H2,(H,27,28). The molecule has 31 heavy (non-hydrogen) atoms. The van der Waals surface area contributed by atoms with Crippen molar-refractivity contribution in [2.45, 2.75) is 44.6 Å². The highest BCUT2D eigenvalue weighted by atomic mass is 16.2. The smallest absolute Gasteiger partial charge is 0.226 e. The number of H-pyrrole nitrogens is 1. The van der Waals surface area contributed by atoms with Gasteiger partial charge in [0.2, 0.25) is 5.91 Å². The Hall–Kier alpha value is -2.65. The lowest BCUT2D eigenvalue weighted by Gasteiger charge is -2.45. The van der Waals surface area contributed by atoms with Gasteiger partial charge in [0.1, 0.15) is 0 Å². The molecule has 2 heterocycles. The van der Waals surface area contributed by atoms with E-state index in [9.17, 15) is 4.79 Å². The fourth-order valence-electron chi connectivity index (χ4n) is 5.99. The van der Waals surface area contributed by atoms with Crippen LogP contribution in [0.25, 0.3) is 0 Å². The van der Waals surface area contributed by atoms with Gasteiger partial charge in [-0.3, -0.25) is 9.69 Å². The van der Waals surface area contributed by atoms with Crippen molar-refractivity contribution >= 4 is 5.91 Å². The summed E-state index contributed by atoms with van der Waals surface area (Å²) < 4.78 is 0. The molecule has 1 saturated heterocycles. The van der Waals surface area contributed by atoms with Crippen LogP contribution in [0.5, 0.6) is 0 Å². The van der Waals surface area contributed by atoms with Gasteiger partial charge in [0.05, 0.1) is 29.7 Å². The maximum absolute atomic E-state index is 13.3. The van der Waals surface area contributed by atoms with Gasteiger partial charge in [0, 0.05) is 38.3 Å². The Morgan fingerprint density at radius 1 is 1.13 bits per heavy atom. The minimum Gasteiger partial charge on any atom is -0.347 e. The Morgan fingerprint density at radius 3 is 2.45 bits per heavy atom. The number of nitrogens with zero attached hydrogens (tertiary/aromatic N) is 4. The number of benzene rings is 1. The number of aromatic nitrogens is 2. The van der Waals surface area contributed by atoms with Crippen molar-refractivity contribution in [2.24, 2.45) is 17.8 Å². The van der Waals surface area contributed by atoms with Crippen molar-refractivity contribution in [1.29, 1.82) is 5.26 Å². The number of aromatic amines is 1. The lowest BCUT2D eigenvalue weighted by atomic mass is 9.64. The van der Waals surface area contributed by atoms with Gasteiger partial charge in [-0.2, -0.15) is 5.26 Å². The number of piperazine rings is 1. The molecule has 6 rings (SSSR count). The molecule has 2 unspecified atom stereocenters. The number of carbonyl (C=O) groups is 1. The third-order valence-corrected chi connectivity index (χ3v) is 7.82. The summed E-state index contributed by atoms with van der Waals surface area (Å²) in [6.45, 7) is 3.38. The molecule has 4 fully saturated rings. The number of fused-ring (bicyclic) bond motifs is 3. The maximum Gasteiger partial charge on any atom is 0.226 e. The molecular weight excluding hydrogens is 386 g/mol. The zero-order chi connectivity index (χ0) is 21.2. The van der Waals surface area contributed by atoms with E-state index in [1.807, 2.05) is 30.5 Å². The van der Waals surface area contributed by atoms with Crippen LogP contribution in [0.15, 0.2) is 36.8 Å². The second-order valence-corrected chi connectivity index (χ2v) is 9.52. The molecular formula is C25H31N5O. The first-order chi connectivity index (χ1) is 15.2. The van der Waals surface area contributed by atoms with Crippen LogP contribution in [0, 0.1) is 29.1 Å². The third kappa shape index (κ3) is 4.24. The molecule has 3 saturated carbocycles. The summed E-state index contributed by atoms with van der Waals surface area (Å²) in [7, 11) is 0. The second kappa shape index (κ2) is 8.84. The zero-order valence-corrected chi connectivity index (χ0v) is 18.0. The Morgan fingerprint density at radius 2 is 1.87 bits per heavy atom. The van der Waals surface area contributed by atoms with Crippen molar-refractivity contribution in [1.82, 2.24) is 19.8 Å². The predicted octanol–water partition coefficient (Wildman–Crippen LogP) is 3.54. The van der Waals surface area contributed by atoms with Crippen LogP contribution in [-0.4, -0.2) is 51.9 Å². The highest BCUT2D eigenvalue weighted by molar-refractivity contribution is 5.79. The molecule has 1 amide bonds. The second-order valence-electron chi connectivity index (χ2n) is 9.52. The van der Waals surface area contributed by atoms with Crippen molar-refractivity contribution in [2.75, 3.05) is 26.2 Å². The monoisotopic (exact) mass is 417 g/mol. The number of hydrogen-bond donors (Lipinski definition) is 1. The van der Waals surface area contributed by atoms with E-state index < -0.39 is 0 Å². The van der Waals surface area contributed by atoms with Crippen LogP contribution in [0.4, 0.5) is 0 Å². The van der Waals surface area contributed by atoms with E-state index >= 15 is 0 Å². The summed E-state index contributed by atoms with van der Waals surface area (Å²) in [4.78, 5) is 25.4. The molecule has 1 aliphatic heterocycles. The summed E-state index contributed by atoms with van der Waals surface area (Å²) in [6, 6.07) is 10.2. The minimum absolute atomic E-state index is 0.193. The van der Waals surface area contributed by atoms with Crippen LogP contribution < -0.4 is 0 Å². The molecule has 6 heteroatoms. The Labute approximate surface area is 184 Å². The average Bonchev–Trinajstić information content (AvgIpc) is 3.38. The van der Waals surface area contributed by atoms with Gasteiger partial charge in [-0.1, -0.05) is 25.0 Å². The van der Waals surface area contributed by atoms with Crippen molar-refractivity contribution in [3.8, 4) is 6.07 Å². The Bertz CT molecular complexity index is 916. The highest BCUT2D eigenvalue weighted by Crippen LogP contribution is 2.45. The van der Waals surface area contributed by atoms with E-state index in [1.54, 1.807) is 6.33 Å². The van der Waals surface area contributed by atoms with Gasteiger partial charge >= 0.3 is 0 Å². The van der Waals surface area contributed by atoms with Crippen molar-refractivity contribution in [3.05, 3.63) is 53.6 Å². The maximum atomic E-state index is 13.3. The van der Waals surface area contributed by atoms with E-state index in [0.717, 1.165) is 50.6 Å². The van der Waals surface area contributed by atoms with Gasteiger partial charge in [0.15, 0.2) is 0 Å². The number of nitrogens with one attached hydrogen (secondary N) is 1.